The molecular formula is C16H14IN3O5. The summed E-state index contributed by atoms with van der Waals surface area (Å²) in [7, 11) is 0. The minimum absolute atomic E-state index is 0.0761. The van der Waals surface area contributed by atoms with Crippen LogP contribution in [0.4, 0.5) is 0 Å². The summed E-state index contributed by atoms with van der Waals surface area (Å²) >= 11 is -1.35. The van der Waals surface area contributed by atoms with Crippen LogP contribution in [0.1, 0.15) is 27.6 Å². The molecule has 0 spiro atoms. The summed E-state index contributed by atoms with van der Waals surface area (Å²) in [5.74, 6) is -1.11. The van der Waals surface area contributed by atoms with E-state index >= 15 is 0 Å². The van der Waals surface area contributed by atoms with Gasteiger partial charge in [-0.1, -0.05) is 0 Å². The zero-order chi connectivity index (χ0) is 18.1. The molecule has 8 nitrogen and oxygen atoms in total. The van der Waals surface area contributed by atoms with E-state index in [-0.39, 0.29) is 22.1 Å². The Balaban J connectivity index is 2.05. The van der Waals surface area contributed by atoms with Gasteiger partial charge in [-0.15, -0.1) is 0 Å². The van der Waals surface area contributed by atoms with Gasteiger partial charge in [0.15, 0.2) is 0 Å². The second-order valence-corrected chi connectivity index (χ2v) is 7.85. The Morgan fingerprint density at radius 2 is 1.88 bits per heavy atom. The summed E-state index contributed by atoms with van der Waals surface area (Å²) in [5, 5.41) is 12.7. The van der Waals surface area contributed by atoms with Crippen LogP contribution in [0.15, 0.2) is 30.3 Å². The van der Waals surface area contributed by atoms with Crippen molar-refractivity contribution in [3.05, 3.63) is 49.9 Å². The molecule has 0 radical (unpaired) electrons. The zero-order valence-corrected chi connectivity index (χ0v) is 15.3. The van der Waals surface area contributed by atoms with Crippen LogP contribution in [0.5, 0.6) is 0 Å². The van der Waals surface area contributed by atoms with E-state index in [1.165, 1.54) is 6.92 Å². The molecule has 1 heterocycles. The molecule has 0 aliphatic carbocycles. The third-order valence-corrected chi connectivity index (χ3v) is 5.68. The van der Waals surface area contributed by atoms with Crippen molar-refractivity contribution in [2.75, 3.05) is 13.1 Å². The first-order chi connectivity index (χ1) is 11.9. The molecule has 2 aromatic rings. The van der Waals surface area contributed by atoms with Gasteiger partial charge in [0.05, 0.1) is 0 Å². The molecule has 1 aliphatic heterocycles. The third kappa shape index (κ3) is 3.18. The van der Waals surface area contributed by atoms with E-state index < -0.39 is 33.3 Å². The molecule has 3 amide bonds. The van der Waals surface area contributed by atoms with Crippen molar-refractivity contribution in [3.63, 3.8) is 0 Å². The van der Waals surface area contributed by atoms with E-state index in [1.54, 1.807) is 30.3 Å². The van der Waals surface area contributed by atoms with Crippen molar-refractivity contribution < 1.29 is 44.2 Å². The van der Waals surface area contributed by atoms with Crippen LogP contribution in [0.2, 0.25) is 0 Å². The van der Waals surface area contributed by atoms with Crippen LogP contribution in [-0.4, -0.2) is 44.1 Å². The predicted molar refractivity (Wildman–Crippen MR) is 82.1 cm³/mol. The SMILES string of the molecule is CC(=O)NCCN1C(=O)c2cccc3c([I-][N+](=O)O)ccc(c23)C1=O. The Bertz CT molecular complexity index is 905. The first-order valence-electron chi connectivity index (χ1n) is 7.37. The number of hydrogen-bond donors (Lipinski definition) is 2. The molecule has 2 aromatic carbocycles. The number of halogens is 1. The van der Waals surface area contributed by atoms with Crippen LogP contribution in [-0.2, 0) is 4.79 Å². The number of benzene rings is 2. The molecule has 0 atom stereocenters. The van der Waals surface area contributed by atoms with Gasteiger partial charge in [-0.05, 0) is 0 Å². The monoisotopic (exact) mass is 455 g/mol. The van der Waals surface area contributed by atoms with Crippen molar-refractivity contribution >= 4 is 28.5 Å². The van der Waals surface area contributed by atoms with E-state index in [2.05, 4.69) is 5.32 Å². The van der Waals surface area contributed by atoms with E-state index in [0.717, 1.165) is 4.90 Å². The molecule has 0 saturated carbocycles. The fourth-order valence-corrected chi connectivity index (χ4v) is 4.30. The van der Waals surface area contributed by atoms with E-state index in [9.17, 15) is 19.3 Å². The van der Waals surface area contributed by atoms with Crippen molar-refractivity contribution in [1.82, 2.24) is 10.2 Å². The average Bonchev–Trinajstić information content (AvgIpc) is 2.56. The predicted octanol–water partition coefficient (Wildman–Crippen LogP) is -2.09. The maximum atomic E-state index is 12.7. The molecule has 0 saturated heterocycles. The fourth-order valence-electron chi connectivity index (χ4n) is 2.81. The molecule has 130 valence electrons. The number of imide groups is 1. The number of amides is 3. The van der Waals surface area contributed by atoms with Crippen molar-refractivity contribution in [2.24, 2.45) is 0 Å². The molecule has 0 fully saturated rings. The van der Waals surface area contributed by atoms with E-state index in [0.29, 0.717) is 25.5 Å². The Hall–Kier alpha value is -2.56. The van der Waals surface area contributed by atoms with Crippen LogP contribution in [0.3, 0.4) is 0 Å². The molecule has 0 aromatic heterocycles. The fraction of sp³-hybridized carbons (Fsp3) is 0.188. The summed E-state index contributed by atoms with van der Waals surface area (Å²) < 4.78 is 0.541. The minimum atomic E-state index is -1.35. The molecular weight excluding hydrogens is 441 g/mol. The van der Waals surface area contributed by atoms with Gasteiger partial charge < -0.3 is 0 Å². The summed E-state index contributed by atoms with van der Waals surface area (Å²) in [6, 6.07) is 8.25. The Kier molecular flexibility index (Phi) is 4.66. The molecule has 0 unspecified atom stereocenters. The average molecular weight is 455 g/mol. The van der Waals surface area contributed by atoms with Crippen molar-refractivity contribution in [2.45, 2.75) is 6.92 Å². The first-order valence-corrected chi connectivity index (χ1v) is 9.42. The Morgan fingerprint density at radius 3 is 2.52 bits per heavy atom. The first kappa shape index (κ1) is 17.3. The van der Waals surface area contributed by atoms with Gasteiger partial charge in [0.2, 0.25) is 0 Å². The molecule has 1 aliphatic rings. The van der Waals surface area contributed by atoms with Crippen molar-refractivity contribution in [3.8, 4) is 0 Å². The van der Waals surface area contributed by atoms with Crippen molar-refractivity contribution in [1.29, 1.82) is 0 Å². The van der Waals surface area contributed by atoms with Gasteiger partial charge in [0, 0.05) is 0 Å². The molecule has 3 rings (SSSR count). The zero-order valence-electron chi connectivity index (χ0n) is 13.2. The number of nitrogens with one attached hydrogen (secondary N) is 1. The van der Waals surface area contributed by atoms with Gasteiger partial charge >= 0.3 is 153 Å². The van der Waals surface area contributed by atoms with Crippen LogP contribution < -0.4 is 26.8 Å². The van der Waals surface area contributed by atoms with Crippen LogP contribution in [0.25, 0.3) is 10.8 Å². The van der Waals surface area contributed by atoms with Gasteiger partial charge in [-0.3, -0.25) is 0 Å². The number of carbonyl (C=O) groups is 3. The Morgan fingerprint density at radius 1 is 1.20 bits per heavy atom. The maximum absolute atomic E-state index is 12.7. The number of carbonyl (C=O) groups excluding carboxylic acids is 3. The molecule has 9 heteroatoms. The van der Waals surface area contributed by atoms with E-state index in [4.69, 9.17) is 5.21 Å². The third-order valence-electron chi connectivity index (χ3n) is 3.81. The normalized spacial score (nSPS) is 13.4. The summed E-state index contributed by atoms with van der Waals surface area (Å²) in [4.78, 5) is 48.5. The van der Waals surface area contributed by atoms with Crippen LogP contribution >= 0.6 is 0 Å². The van der Waals surface area contributed by atoms with Gasteiger partial charge in [0.25, 0.3) is 0 Å². The molecule has 0 bridgehead atoms. The van der Waals surface area contributed by atoms with Gasteiger partial charge in [-0.25, -0.2) is 0 Å². The summed E-state index contributed by atoms with van der Waals surface area (Å²) in [6.07, 6.45) is 0. The van der Waals surface area contributed by atoms with Crippen LogP contribution in [0, 0.1) is 8.48 Å². The quantitative estimate of drug-likeness (QED) is 0.233. The number of rotatable bonds is 5. The Labute approximate surface area is 152 Å². The van der Waals surface area contributed by atoms with E-state index in [1.807, 2.05) is 0 Å². The van der Waals surface area contributed by atoms with Gasteiger partial charge in [-0.2, -0.15) is 0 Å². The second kappa shape index (κ2) is 6.75. The summed E-state index contributed by atoms with van der Waals surface area (Å²) in [6.45, 7) is 1.62. The summed E-state index contributed by atoms with van der Waals surface area (Å²) in [5.41, 5.74) is 0.743. The standard InChI is InChI=1S/C16H14IN3O5/c1-9(21)18-7-8-19-15(22)11-4-2-3-10-13(17-20(24)25)6-5-12(14(10)11)16(19)23/h2-6H,7-8H2,1H3,(H,18,21)(H,24,25). The second-order valence-electron chi connectivity index (χ2n) is 5.38. The van der Waals surface area contributed by atoms with Gasteiger partial charge in [0.1, 0.15) is 0 Å². The number of hydrogen-bond acceptors (Lipinski definition) is 4. The number of nitrogens with zero attached hydrogens (tertiary/aromatic N) is 2. The molecule has 2 N–H and O–H groups in total. The topological polar surface area (TPSA) is 107 Å². The molecule has 25 heavy (non-hydrogen) atoms.